The van der Waals surface area contributed by atoms with Crippen LogP contribution in [0.4, 0.5) is 0 Å². The molecular formula is C25H27N3O4. The Kier molecular flexibility index (Phi) is 3.56. The zero-order valence-corrected chi connectivity index (χ0v) is 18.1. The Bertz CT molecular complexity index is 1200. The normalized spacial score (nSPS) is 36.3. The van der Waals surface area contributed by atoms with Crippen LogP contribution in [0, 0.1) is 5.92 Å². The smallest absolute Gasteiger partial charge is 0.200 e. The number of hydrogen-bond donors (Lipinski definition) is 2. The summed E-state index contributed by atoms with van der Waals surface area (Å²) in [6, 6.07) is 3.55. The number of phenolic OH excluding ortho intramolecular Hbond substituents is 1. The van der Waals surface area contributed by atoms with Crippen molar-refractivity contribution < 1.29 is 19.7 Å². The number of rotatable bonds is 3. The minimum absolute atomic E-state index is 0.0520. The van der Waals surface area contributed by atoms with E-state index in [1.165, 1.54) is 12.8 Å². The lowest BCUT2D eigenvalue weighted by Crippen LogP contribution is -2.77. The Labute approximate surface area is 186 Å². The van der Waals surface area contributed by atoms with Gasteiger partial charge in [-0.3, -0.25) is 9.69 Å². The van der Waals surface area contributed by atoms with Gasteiger partial charge in [0.25, 0.3) is 0 Å². The van der Waals surface area contributed by atoms with E-state index in [1.807, 2.05) is 23.9 Å². The highest BCUT2D eigenvalue weighted by molar-refractivity contribution is 6.06. The first-order chi connectivity index (χ1) is 15.4. The molecule has 3 heterocycles. The molecule has 7 nitrogen and oxygen atoms in total. The van der Waals surface area contributed by atoms with E-state index in [-0.39, 0.29) is 24.0 Å². The fourth-order valence-electron chi connectivity index (χ4n) is 6.98. The fourth-order valence-corrected chi connectivity index (χ4v) is 6.98. The van der Waals surface area contributed by atoms with Crippen LogP contribution in [-0.4, -0.2) is 61.3 Å². The first-order valence-electron chi connectivity index (χ1n) is 11.6. The topological polar surface area (TPSA) is 87.8 Å². The monoisotopic (exact) mass is 433 g/mol. The summed E-state index contributed by atoms with van der Waals surface area (Å²) in [5, 5.41) is 23.2. The summed E-state index contributed by atoms with van der Waals surface area (Å²) in [6.45, 7) is 1.84. The van der Waals surface area contributed by atoms with Crippen LogP contribution in [0.15, 0.2) is 30.1 Å². The number of aliphatic hydroxyl groups is 1. The summed E-state index contributed by atoms with van der Waals surface area (Å²) in [7, 11) is 1.89. The van der Waals surface area contributed by atoms with Gasteiger partial charge in [0.05, 0.1) is 11.0 Å². The molecule has 166 valence electrons. The molecule has 0 radical (unpaired) electrons. The van der Waals surface area contributed by atoms with Crippen molar-refractivity contribution in [3.05, 3.63) is 47.1 Å². The zero-order chi connectivity index (χ0) is 21.8. The largest absolute Gasteiger partial charge is 0.504 e. The summed E-state index contributed by atoms with van der Waals surface area (Å²) < 4.78 is 8.11. The van der Waals surface area contributed by atoms with Gasteiger partial charge in [0.2, 0.25) is 5.78 Å². The van der Waals surface area contributed by atoms with Gasteiger partial charge >= 0.3 is 0 Å². The predicted molar refractivity (Wildman–Crippen MR) is 116 cm³/mol. The van der Waals surface area contributed by atoms with Crippen LogP contribution in [0.25, 0.3) is 6.08 Å². The van der Waals surface area contributed by atoms with E-state index in [1.54, 1.807) is 18.3 Å². The molecule has 2 saturated carbocycles. The molecule has 1 spiro atoms. The predicted octanol–water partition coefficient (Wildman–Crippen LogP) is 1.95. The van der Waals surface area contributed by atoms with Crippen molar-refractivity contribution in [3.63, 3.8) is 0 Å². The molecule has 7 heteroatoms. The van der Waals surface area contributed by atoms with Crippen molar-refractivity contribution in [3.8, 4) is 11.5 Å². The van der Waals surface area contributed by atoms with Crippen LogP contribution in [0.2, 0.25) is 0 Å². The molecule has 4 atom stereocenters. The van der Waals surface area contributed by atoms with Gasteiger partial charge in [-0.2, -0.15) is 0 Å². The number of likely N-dealkylation sites (tertiary alicyclic amines) is 1. The highest BCUT2D eigenvalue weighted by atomic mass is 16.5. The van der Waals surface area contributed by atoms with Crippen molar-refractivity contribution in [2.24, 2.45) is 13.0 Å². The van der Waals surface area contributed by atoms with E-state index in [0.29, 0.717) is 35.9 Å². The molecule has 0 amide bonds. The number of ketones is 1. The second-order valence-corrected chi connectivity index (χ2v) is 10.4. The van der Waals surface area contributed by atoms with Crippen LogP contribution in [0.1, 0.15) is 42.6 Å². The van der Waals surface area contributed by atoms with Gasteiger partial charge < -0.3 is 19.5 Å². The number of phenols is 1. The number of aromatic nitrogens is 2. The molecule has 2 aliphatic heterocycles. The van der Waals surface area contributed by atoms with Crippen molar-refractivity contribution in [2.45, 2.75) is 55.3 Å². The molecule has 3 fully saturated rings. The second-order valence-electron chi connectivity index (χ2n) is 10.4. The molecule has 2 N–H and O–H groups in total. The molecule has 1 aromatic heterocycles. The number of imidazole rings is 1. The maximum absolute atomic E-state index is 13.8. The van der Waals surface area contributed by atoms with Crippen LogP contribution in [-0.2, 0) is 23.7 Å². The number of piperidine rings is 1. The molecule has 1 saturated heterocycles. The van der Waals surface area contributed by atoms with Gasteiger partial charge in [-0.25, -0.2) is 4.98 Å². The number of ether oxygens (including phenoxy) is 1. The Morgan fingerprint density at radius 2 is 2.19 bits per heavy atom. The number of aromatic hydroxyl groups is 1. The zero-order valence-electron chi connectivity index (χ0n) is 18.1. The van der Waals surface area contributed by atoms with Crippen molar-refractivity contribution in [2.75, 3.05) is 13.1 Å². The highest BCUT2D eigenvalue weighted by Gasteiger charge is 2.74. The molecule has 1 aromatic carbocycles. The molecule has 2 bridgehead atoms. The maximum atomic E-state index is 13.8. The Balaban J connectivity index is 1.43. The molecule has 3 aliphatic carbocycles. The summed E-state index contributed by atoms with van der Waals surface area (Å²) in [6.07, 6.45) is 8.68. The summed E-state index contributed by atoms with van der Waals surface area (Å²) >= 11 is 0. The van der Waals surface area contributed by atoms with Crippen LogP contribution in [0.3, 0.4) is 0 Å². The summed E-state index contributed by atoms with van der Waals surface area (Å²) in [4.78, 5) is 20.6. The third-order valence-corrected chi connectivity index (χ3v) is 8.69. The first kappa shape index (κ1) is 18.9. The third kappa shape index (κ3) is 2.18. The Morgan fingerprint density at radius 3 is 2.94 bits per heavy atom. The van der Waals surface area contributed by atoms with Gasteiger partial charge in [0.15, 0.2) is 17.6 Å². The average molecular weight is 434 g/mol. The van der Waals surface area contributed by atoms with E-state index in [9.17, 15) is 15.0 Å². The molecule has 2 aromatic rings. The standard InChI is InChI=1S/C25H27N3O4/c1-27-9-7-26-19(27)11-16-12-25(31)18-10-15-4-5-17(29)22-20(15)24(25,23(32-22)21(16)30)6-8-28(18)13-14-2-3-14/h4-5,7,9,11,14,18,23,29,31H,2-3,6,8,10,12-13H2,1H3/b16-11+/t18-,23+,24+,25-/m1/s1. The van der Waals surface area contributed by atoms with Gasteiger partial charge in [-0.15, -0.1) is 0 Å². The number of carbonyl (C=O) groups excluding carboxylic acids is 1. The van der Waals surface area contributed by atoms with Crippen LogP contribution in [0.5, 0.6) is 11.5 Å². The number of carbonyl (C=O) groups is 1. The van der Waals surface area contributed by atoms with Crippen LogP contribution < -0.4 is 4.74 Å². The van der Waals surface area contributed by atoms with E-state index in [4.69, 9.17) is 4.74 Å². The number of benzene rings is 1. The van der Waals surface area contributed by atoms with E-state index >= 15 is 0 Å². The summed E-state index contributed by atoms with van der Waals surface area (Å²) in [5.41, 5.74) is 0.574. The quantitative estimate of drug-likeness (QED) is 0.720. The molecule has 7 rings (SSSR count). The van der Waals surface area contributed by atoms with Gasteiger partial charge in [0.1, 0.15) is 5.82 Å². The van der Waals surface area contributed by atoms with Crippen molar-refractivity contribution >= 4 is 11.9 Å². The van der Waals surface area contributed by atoms with Gasteiger partial charge in [0, 0.05) is 49.6 Å². The highest BCUT2D eigenvalue weighted by Crippen LogP contribution is 2.65. The van der Waals surface area contributed by atoms with Crippen LogP contribution >= 0.6 is 0 Å². The SMILES string of the molecule is Cn1ccnc1/C=C1\C[C@@]2(O)[C@H]3Cc4ccc(O)c5c4[C@@]2(CCN3CC2CC2)[C@@H](O5)C1=O. The fraction of sp³-hybridized carbons (Fsp3) is 0.520. The summed E-state index contributed by atoms with van der Waals surface area (Å²) in [5.74, 6) is 1.74. The molecule has 0 unspecified atom stereocenters. The Morgan fingerprint density at radius 1 is 1.34 bits per heavy atom. The number of nitrogens with zero attached hydrogens (tertiary/aromatic N) is 3. The van der Waals surface area contributed by atoms with Gasteiger partial charge in [-0.05, 0) is 55.9 Å². The number of Topliss-reactive ketones (excluding diaryl/α,β-unsaturated/α-hetero) is 1. The Hall–Kier alpha value is -2.64. The third-order valence-electron chi connectivity index (χ3n) is 8.69. The molecular weight excluding hydrogens is 406 g/mol. The van der Waals surface area contributed by atoms with E-state index in [2.05, 4.69) is 9.88 Å². The number of hydrogen-bond acceptors (Lipinski definition) is 6. The van der Waals surface area contributed by atoms with Gasteiger partial charge in [-0.1, -0.05) is 6.07 Å². The maximum Gasteiger partial charge on any atom is 0.200 e. The van der Waals surface area contributed by atoms with E-state index < -0.39 is 17.1 Å². The minimum atomic E-state index is -1.14. The number of aryl methyl sites for hydroxylation is 1. The minimum Gasteiger partial charge on any atom is -0.504 e. The lowest BCUT2D eigenvalue weighted by Gasteiger charge is -2.62. The van der Waals surface area contributed by atoms with Crippen molar-refractivity contribution in [1.29, 1.82) is 0 Å². The average Bonchev–Trinajstić information content (AvgIpc) is 3.37. The van der Waals surface area contributed by atoms with E-state index in [0.717, 1.165) is 24.2 Å². The first-order valence-corrected chi connectivity index (χ1v) is 11.6. The van der Waals surface area contributed by atoms with Crippen molar-refractivity contribution in [1.82, 2.24) is 14.5 Å². The molecule has 32 heavy (non-hydrogen) atoms. The lowest BCUT2D eigenvalue weighted by molar-refractivity contribution is -0.180. The lowest BCUT2D eigenvalue weighted by atomic mass is 9.48. The second kappa shape index (κ2) is 6.02. The molecule has 5 aliphatic rings.